The molecule has 2 aromatic carbocycles. The van der Waals surface area contributed by atoms with Gasteiger partial charge < -0.3 is 4.98 Å². The van der Waals surface area contributed by atoms with Gasteiger partial charge in [0.2, 0.25) is 0 Å². The minimum atomic E-state index is -0.472. The largest absolute Gasteiger partial charge is 0.326 e. The van der Waals surface area contributed by atoms with E-state index in [0.29, 0.717) is 17.0 Å². The van der Waals surface area contributed by atoms with E-state index in [9.17, 15) is 9.59 Å². The average molecular weight is 298 g/mol. The molecule has 0 saturated heterocycles. The highest BCUT2D eigenvalue weighted by atomic mass is 32.2. The van der Waals surface area contributed by atoms with Crippen molar-refractivity contribution in [2.75, 3.05) is 0 Å². The Bertz CT molecular complexity index is 912. The molecule has 0 aliphatic heterocycles. The van der Waals surface area contributed by atoms with Crippen LogP contribution in [0.1, 0.15) is 12.5 Å². The normalized spacial score (nSPS) is 10.9. The lowest BCUT2D eigenvalue weighted by atomic mass is 10.1. The molecule has 0 fully saturated rings. The van der Waals surface area contributed by atoms with Crippen LogP contribution in [0.5, 0.6) is 0 Å². The van der Waals surface area contributed by atoms with Gasteiger partial charge in [0.05, 0.1) is 5.03 Å². The Balaban J connectivity index is 2.06. The number of rotatable bonds is 3. The topological polar surface area (TPSA) is 65.7 Å². The molecule has 5 heteroatoms. The zero-order chi connectivity index (χ0) is 14.8. The zero-order valence-electron chi connectivity index (χ0n) is 11.5. The third-order valence-corrected chi connectivity index (χ3v) is 4.34. The van der Waals surface area contributed by atoms with Gasteiger partial charge in [-0.1, -0.05) is 49.0 Å². The second kappa shape index (κ2) is 5.61. The van der Waals surface area contributed by atoms with Crippen LogP contribution >= 0.6 is 11.8 Å². The molecular weight excluding hydrogens is 284 g/mol. The van der Waals surface area contributed by atoms with Gasteiger partial charge in [0, 0.05) is 10.5 Å². The van der Waals surface area contributed by atoms with Crippen LogP contribution in [0.25, 0.3) is 10.8 Å². The Kier molecular flexibility index (Phi) is 3.66. The molecule has 0 spiro atoms. The predicted molar refractivity (Wildman–Crippen MR) is 85.1 cm³/mol. The van der Waals surface area contributed by atoms with E-state index in [1.165, 1.54) is 11.8 Å². The molecular formula is C16H14N2O2S. The van der Waals surface area contributed by atoms with E-state index in [1.807, 2.05) is 37.3 Å². The minimum absolute atomic E-state index is 0.315. The van der Waals surface area contributed by atoms with Crippen LogP contribution in [0.3, 0.4) is 0 Å². The lowest BCUT2D eigenvalue weighted by Crippen LogP contribution is -2.26. The van der Waals surface area contributed by atoms with Crippen LogP contribution in [0.4, 0.5) is 0 Å². The molecule has 3 rings (SSSR count). The molecule has 1 aromatic heterocycles. The van der Waals surface area contributed by atoms with Crippen molar-refractivity contribution in [2.24, 2.45) is 0 Å². The van der Waals surface area contributed by atoms with Crippen molar-refractivity contribution >= 4 is 22.5 Å². The maximum absolute atomic E-state index is 11.8. The number of nitrogens with one attached hydrogen (secondary N) is 2. The van der Waals surface area contributed by atoms with Crippen molar-refractivity contribution in [1.82, 2.24) is 9.97 Å². The highest BCUT2D eigenvalue weighted by molar-refractivity contribution is 7.99. The lowest BCUT2D eigenvalue weighted by Gasteiger charge is -2.07. The third kappa shape index (κ3) is 2.78. The number of aromatic amines is 2. The first-order valence-electron chi connectivity index (χ1n) is 6.69. The predicted octanol–water partition coefficient (Wildman–Crippen LogP) is 2.93. The first kappa shape index (κ1) is 13.7. The van der Waals surface area contributed by atoms with Crippen LogP contribution in [0, 0.1) is 0 Å². The van der Waals surface area contributed by atoms with Gasteiger partial charge in [-0.2, -0.15) is 0 Å². The Morgan fingerprint density at radius 2 is 1.76 bits per heavy atom. The van der Waals surface area contributed by atoms with Gasteiger partial charge in [-0.3, -0.25) is 9.78 Å². The van der Waals surface area contributed by atoms with Crippen molar-refractivity contribution in [1.29, 1.82) is 0 Å². The standard InChI is InChI=1S/C16H14N2O2S/c1-2-13-14(19)17-16(20)18-15(13)21-12-8-7-10-5-3-4-6-11(10)9-12/h3-9H,2H2,1H3,(H2,17,18,19,20). The van der Waals surface area contributed by atoms with Crippen LogP contribution in [-0.2, 0) is 6.42 Å². The van der Waals surface area contributed by atoms with Gasteiger partial charge in [-0.05, 0) is 29.3 Å². The molecule has 0 aliphatic carbocycles. The van der Waals surface area contributed by atoms with Crippen LogP contribution in [0.2, 0.25) is 0 Å². The smallest absolute Gasteiger partial charge is 0.301 e. The fourth-order valence-corrected chi connectivity index (χ4v) is 3.31. The van der Waals surface area contributed by atoms with Gasteiger partial charge in [-0.15, -0.1) is 0 Å². The van der Waals surface area contributed by atoms with Crippen LogP contribution < -0.4 is 11.2 Å². The molecule has 3 aromatic rings. The summed E-state index contributed by atoms with van der Waals surface area (Å²) in [5.41, 5.74) is -0.183. The van der Waals surface area contributed by atoms with Crippen molar-refractivity contribution in [2.45, 2.75) is 23.3 Å². The van der Waals surface area contributed by atoms with E-state index in [1.54, 1.807) is 0 Å². The summed E-state index contributed by atoms with van der Waals surface area (Å²) in [5.74, 6) is 0. The molecule has 0 atom stereocenters. The second-order valence-electron chi connectivity index (χ2n) is 4.68. The molecule has 0 aliphatic rings. The van der Waals surface area contributed by atoms with Crippen molar-refractivity contribution in [3.63, 3.8) is 0 Å². The zero-order valence-corrected chi connectivity index (χ0v) is 12.3. The van der Waals surface area contributed by atoms with Crippen molar-refractivity contribution < 1.29 is 0 Å². The first-order valence-corrected chi connectivity index (χ1v) is 7.51. The summed E-state index contributed by atoms with van der Waals surface area (Å²) in [6.45, 7) is 1.90. The van der Waals surface area contributed by atoms with Crippen molar-refractivity contribution in [3.05, 3.63) is 68.9 Å². The maximum atomic E-state index is 11.8. The maximum Gasteiger partial charge on any atom is 0.326 e. The molecule has 0 unspecified atom stereocenters. The highest BCUT2D eigenvalue weighted by Crippen LogP contribution is 2.29. The molecule has 1 heterocycles. The minimum Gasteiger partial charge on any atom is -0.301 e. The third-order valence-electron chi connectivity index (χ3n) is 3.30. The summed E-state index contributed by atoms with van der Waals surface area (Å²) in [6.07, 6.45) is 0.571. The first-order chi connectivity index (χ1) is 10.2. The SMILES string of the molecule is CCc1c(Sc2ccc3ccccc3c2)[nH]c(=O)[nH]c1=O. The quantitative estimate of drug-likeness (QED) is 0.731. The number of H-pyrrole nitrogens is 2. The molecule has 106 valence electrons. The Hall–Kier alpha value is -2.27. The van der Waals surface area contributed by atoms with Gasteiger partial charge in [0.25, 0.3) is 5.56 Å². The Morgan fingerprint density at radius 3 is 2.52 bits per heavy atom. The molecule has 2 N–H and O–H groups in total. The molecule has 21 heavy (non-hydrogen) atoms. The summed E-state index contributed by atoms with van der Waals surface area (Å²) in [5, 5.41) is 2.91. The van der Waals surface area contributed by atoms with Gasteiger partial charge in [0.15, 0.2) is 0 Å². The van der Waals surface area contributed by atoms with Gasteiger partial charge >= 0.3 is 5.69 Å². The van der Waals surface area contributed by atoms with E-state index < -0.39 is 5.69 Å². The van der Waals surface area contributed by atoms with Gasteiger partial charge in [-0.25, -0.2) is 4.79 Å². The number of aromatic nitrogens is 2. The monoisotopic (exact) mass is 298 g/mol. The fourth-order valence-electron chi connectivity index (χ4n) is 2.25. The van der Waals surface area contributed by atoms with E-state index in [2.05, 4.69) is 22.1 Å². The molecule has 0 amide bonds. The molecule has 0 saturated carbocycles. The number of hydrogen-bond donors (Lipinski definition) is 2. The highest BCUT2D eigenvalue weighted by Gasteiger charge is 2.09. The van der Waals surface area contributed by atoms with E-state index >= 15 is 0 Å². The summed E-state index contributed by atoms with van der Waals surface area (Å²) >= 11 is 1.41. The summed E-state index contributed by atoms with van der Waals surface area (Å²) in [7, 11) is 0. The number of hydrogen-bond acceptors (Lipinski definition) is 3. The van der Waals surface area contributed by atoms with Gasteiger partial charge in [0.1, 0.15) is 0 Å². The molecule has 4 nitrogen and oxygen atoms in total. The average Bonchev–Trinajstić information content (AvgIpc) is 2.47. The van der Waals surface area contributed by atoms with Crippen LogP contribution in [0.15, 0.2) is 62.0 Å². The summed E-state index contributed by atoms with van der Waals surface area (Å²) in [6, 6.07) is 14.2. The van der Waals surface area contributed by atoms with E-state index in [4.69, 9.17) is 0 Å². The Morgan fingerprint density at radius 1 is 1.00 bits per heavy atom. The number of fused-ring (bicyclic) bond motifs is 1. The van der Waals surface area contributed by atoms with E-state index in [-0.39, 0.29) is 5.56 Å². The molecule has 0 bridgehead atoms. The Labute approximate surface area is 125 Å². The second-order valence-corrected chi connectivity index (χ2v) is 5.76. The number of benzene rings is 2. The molecule has 0 radical (unpaired) electrons. The van der Waals surface area contributed by atoms with Crippen molar-refractivity contribution in [3.8, 4) is 0 Å². The lowest BCUT2D eigenvalue weighted by molar-refractivity contribution is 0.875. The van der Waals surface area contributed by atoms with E-state index in [0.717, 1.165) is 15.7 Å². The summed E-state index contributed by atoms with van der Waals surface area (Å²) in [4.78, 5) is 29.2. The van der Waals surface area contributed by atoms with Crippen LogP contribution in [-0.4, -0.2) is 9.97 Å². The summed E-state index contributed by atoms with van der Waals surface area (Å²) < 4.78 is 0. The fraction of sp³-hybridized carbons (Fsp3) is 0.125.